The van der Waals surface area contributed by atoms with E-state index in [2.05, 4.69) is 5.32 Å². The van der Waals surface area contributed by atoms with Crippen molar-refractivity contribution in [3.63, 3.8) is 0 Å². The molecule has 0 saturated carbocycles. The minimum atomic E-state index is -0.680. The molecule has 0 aliphatic rings. The second-order valence-corrected chi connectivity index (χ2v) is 5.96. The first-order valence-electron chi connectivity index (χ1n) is 8.12. The van der Waals surface area contributed by atoms with E-state index in [0.29, 0.717) is 23.4 Å². The van der Waals surface area contributed by atoms with Crippen molar-refractivity contribution in [1.29, 1.82) is 0 Å². The fraction of sp³-hybridized carbons (Fsp3) is 0.316. The lowest BCUT2D eigenvalue weighted by Gasteiger charge is -2.18. The second-order valence-electron chi connectivity index (χ2n) is 5.96. The number of anilines is 1. The van der Waals surface area contributed by atoms with Gasteiger partial charge in [-0.3, -0.25) is 14.9 Å². The highest BCUT2D eigenvalue weighted by Gasteiger charge is 2.21. The molecule has 2 aromatic rings. The predicted molar refractivity (Wildman–Crippen MR) is 97.1 cm³/mol. The summed E-state index contributed by atoms with van der Waals surface area (Å²) >= 11 is 0. The molecule has 0 fully saturated rings. The minimum Gasteiger partial charge on any atom is -0.481 e. The third-order valence-electron chi connectivity index (χ3n) is 4.18. The monoisotopic (exact) mass is 342 g/mol. The van der Waals surface area contributed by atoms with Crippen LogP contribution in [-0.2, 0) is 4.79 Å². The molecule has 1 atom stereocenters. The summed E-state index contributed by atoms with van der Waals surface area (Å²) in [6.45, 7) is 7.45. The maximum Gasteiger partial charge on any atom is 0.274 e. The molecule has 132 valence electrons. The number of ether oxygens (including phenoxy) is 1. The molecular formula is C19H22N2O4. The summed E-state index contributed by atoms with van der Waals surface area (Å²) in [7, 11) is 0. The first-order valence-corrected chi connectivity index (χ1v) is 8.12. The van der Waals surface area contributed by atoms with Crippen LogP contribution in [0.1, 0.15) is 30.0 Å². The summed E-state index contributed by atoms with van der Waals surface area (Å²) in [6.07, 6.45) is -0.201. The average molecular weight is 342 g/mol. The average Bonchev–Trinajstić information content (AvgIpc) is 2.57. The smallest absolute Gasteiger partial charge is 0.274 e. The van der Waals surface area contributed by atoms with Crippen molar-refractivity contribution < 1.29 is 14.5 Å². The van der Waals surface area contributed by atoms with E-state index in [-0.39, 0.29) is 11.6 Å². The number of aryl methyl sites for hydroxylation is 2. The SMILES string of the molecule is CC[C@@H](Oc1ccc(C)c(C)c1)C(=O)Nc1cccc([N+](=O)[O-])c1C. The lowest BCUT2D eigenvalue weighted by atomic mass is 10.1. The van der Waals surface area contributed by atoms with Gasteiger partial charge in [-0.25, -0.2) is 0 Å². The number of hydrogen-bond acceptors (Lipinski definition) is 4. The van der Waals surface area contributed by atoms with E-state index in [1.165, 1.54) is 6.07 Å². The number of nitrogens with zero attached hydrogens (tertiary/aromatic N) is 1. The molecule has 0 heterocycles. The first-order chi connectivity index (χ1) is 11.8. The molecule has 2 aromatic carbocycles. The van der Waals surface area contributed by atoms with Crippen LogP contribution in [0, 0.1) is 30.9 Å². The number of carbonyl (C=O) groups is 1. The molecule has 0 aliphatic carbocycles. The van der Waals surface area contributed by atoms with Crippen LogP contribution in [0.25, 0.3) is 0 Å². The lowest BCUT2D eigenvalue weighted by molar-refractivity contribution is -0.385. The van der Waals surface area contributed by atoms with Crippen LogP contribution in [0.5, 0.6) is 5.75 Å². The molecule has 2 rings (SSSR count). The summed E-state index contributed by atoms with van der Waals surface area (Å²) in [4.78, 5) is 23.1. The molecular weight excluding hydrogens is 320 g/mol. The number of carbonyl (C=O) groups excluding carboxylic acids is 1. The highest BCUT2D eigenvalue weighted by Crippen LogP contribution is 2.26. The Hall–Kier alpha value is -2.89. The van der Waals surface area contributed by atoms with Gasteiger partial charge < -0.3 is 10.1 Å². The number of amides is 1. The zero-order valence-corrected chi connectivity index (χ0v) is 14.8. The highest BCUT2D eigenvalue weighted by atomic mass is 16.6. The van der Waals surface area contributed by atoms with E-state index in [0.717, 1.165) is 11.1 Å². The van der Waals surface area contributed by atoms with Crippen molar-refractivity contribution in [2.75, 3.05) is 5.32 Å². The summed E-state index contributed by atoms with van der Waals surface area (Å²) in [6, 6.07) is 10.3. The van der Waals surface area contributed by atoms with E-state index in [9.17, 15) is 14.9 Å². The highest BCUT2D eigenvalue weighted by molar-refractivity contribution is 5.95. The van der Waals surface area contributed by atoms with Gasteiger partial charge in [-0.2, -0.15) is 0 Å². The third-order valence-corrected chi connectivity index (χ3v) is 4.18. The lowest BCUT2D eigenvalue weighted by Crippen LogP contribution is -2.32. The van der Waals surface area contributed by atoms with Gasteiger partial charge in [0.2, 0.25) is 0 Å². The number of nitro benzene ring substituents is 1. The van der Waals surface area contributed by atoms with Gasteiger partial charge in [0.05, 0.1) is 16.2 Å². The number of nitrogens with one attached hydrogen (secondary N) is 1. The Kier molecular flexibility index (Phi) is 5.75. The van der Waals surface area contributed by atoms with Crippen molar-refractivity contribution in [2.24, 2.45) is 0 Å². The number of hydrogen-bond donors (Lipinski definition) is 1. The van der Waals surface area contributed by atoms with Crippen molar-refractivity contribution >= 4 is 17.3 Å². The van der Waals surface area contributed by atoms with E-state index in [1.54, 1.807) is 19.1 Å². The maximum absolute atomic E-state index is 12.5. The van der Waals surface area contributed by atoms with Crippen LogP contribution in [0.2, 0.25) is 0 Å². The van der Waals surface area contributed by atoms with Crippen molar-refractivity contribution in [3.05, 3.63) is 63.2 Å². The Morgan fingerprint density at radius 3 is 2.52 bits per heavy atom. The van der Waals surface area contributed by atoms with Crippen LogP contribution in [0.4, 0.5) is 11.4 Å². The van der Waals surface area contributed by atoms with Crippen LogP contribution in [0.3, 0.4) is 0 Å². The topological polar surface area (TPSA) is 81.5 Å². The summed E-state index contributed by atoms with van der Waals surface area (Å²) in [5.74, 6) is 0.296. The fourth-order valence-corrected chi connectivity index (χ4v) is 2.44. The molecule has 6 heteroatoms. The van der Waals surface area contributed by atoms with Gasteiger partial charge in [-0.1, -0.05) is 19.1 Å². The minimum absolute atomic E-state index is 0.0269. The van der Waals surface area contributed by atoms with Crippen LogP contribution >= 0.6 is 0 Å². The van der Waals surface area contributed by atoms with Crippen molar-refractivity contribution in [3.8, 4) is 5.75 Å². The number of nitro groups is 1. The van der Waals surface area contributed by atoms with Crippen LogP contribution in [-0.4, -0.2) is 16.9 Å². The Labute approximate surface area is 147 Å². The van der Waals surface area contributed by atoms with Crippen molar-refractivity contribution in [2.45, 2.75) is 40.2 Å². The van der Waals surface area contributed by atoms with Gasteiger partial charge in [0.25, 0.3) is 11.6 Å². The Morgan fingerprint density at radius 1 is 1.20 bits per heavy atom. The Bertz CT molecular complexity index is 802. The zero-order valence-electron chi connectivity index (χ0n) is 14.8. The molecule has 0 bridgehead atoms. The molecule has 0 unspecified atom stereocenters. The fourth-order valence-electron chi connectivity index (χ4n) is 2.44. The van der Waals surface area contributed by atoms with Gasteiger partial charge >= 0.3 is 0 Å². The van der Waals surface area contributed by atoms with Crippen molar-refractivity contribution in [1.82, 2.24) is 0 Å². The summed E-state index contributed by atoms with van der Waals surface area (Å²) in [5.41, 5.74) is 3.04. The van der Waals surface area contributed by atoms with E-state index in [1.807, 2.05) is 39.0 Å². The molecule has 0 aliphatic heterocycles. The zero-order chi connectivity index (χ0) is 18.6. The summed E-state index contributed by atoms with van der Waals surface area (Å²) in [5, 5.41) is 13.8. The molecule has 6 nitrogen and oxygen atoms in total. The van der Waals surface area contributed by atoms with Gasteiger partial charge in [-0.05, 0) is 56.5 Å². The van der Waals surface area contributed by atoms with Gasteiger partial charge in [-0.15, -0.1) is 0 Å². The molecule has 1 amide bonds. The molecule has 0 radical (unpaired) electrons. The van der Waals surface area contributed by atoms with Gasteiger partial charge in [0, 0.05) is 6.07 Å². The maximum atomic E-state index is 12.5. The van der Waals surface area contributed by atoms with E-state index >= 15 is 0 Å². The standard InChI is InChI=1S/C19H22N2O4/c1-5-18(25-15-10-9-12(2)13(3)11-15)19(22)20-16-7-6-8-17(14(16)4)21(23)24/h6-11,18H,5H2,1-4H3,(H,20,22)/t18-/m1/s1. The second kappa shape index (κ2) is 7.79. The van der Waals surface area contributed by atoms with Crippen LogP contribution < -0.4 is 10.1 Å². The Morgan fingerprint density at radius 2 is 1.92 bits per heavy atom. The van der Waals surface area contributed by atoms with Crippen LogP contribution in [0.15, 0.2) is 36.4 Å². The largest absolute Gasteiger partial charge is 0.481 e. The molecule has 0 aromatic heterocycles. The molecule has 0 spiro atoms. The van der Waals surface area contributed by atoms with E-state index < -0.39 is 11.0 Å². The Balaban J connectivity index is 2.16. The summed E-state index contributed by atoms with van der Waals surface area (Å²) < 4.78 is 5.81. The normalized spacial score (nSPS) is 11.7. The van der Waals surface area contributed by atoms with E-state index in [4.69, 9.17) is 4.74 Å². The third kappa shape index (κ3) is 4.35. The first kappa shape index (κ1) is 18.4. The van der Waals surface area contributed by atoms with Gasteiger partial charge in [0.15, 0.2) is 6.10 Å². The number of rotatable bonds is 6. The molecule has 1 N–H and O–H groups in total. The van der Waals surface area contributed by atoms with Gasteiger partial charge in [0.1, 0.15) is 5.75 Å². The quantitative estimate of drug-likeness (QED) is 0.626. The molecule has 25 heavy (non-hydrogen) atoms. The number of benzene rings is 2. The molecule has 0 saturated heterocycles. The predicted octanol–water partition coefficient (Wildman–Crippen LogP) is 4.32.